The molecule has 28 heavy (non-hydrogen) atoms. The van der Waals surface area contributed by atoms with Gasteiger partial charge in [-0.2, -0.15) is 0 Å². The molecule has 0 atom stereocenters. The molecule has 0 radical (unpaired) electrons. The number of nitrogens with one attached hydrogen (secondary N) is 2. The minimum atomic E-state index is -0.657. The van der Waals surface area contributed by atoms with E-state index in [-0.39, 0.29) is 12.2 Å². The van der Waals surface area contributed by atoms with E-state index < -0.39 is 23.1 Å². The molecule has 7 nitrogen and oxygen atoms in total. The fourth-order valence-corrected chi connectivity index (χ4v) is 2.36. The lowest BCUT2D eigenvalue weighted by atomic mass is 10.1. The van der Waals surface area contributed by atoms with Crippen LogP contribution in [-0.2, 0) is 9.47 Å². The van der Waals surface area contributed by atoms with E-state index in [1.54, 1.807) is 45.9 Å². The molecule has 0 aliphatic heterocycles. The second kappa shape index (κ2) is 9.09. The summed E-state index contributed by atoms with van der Waals surface area (Å²) < 4.78 is 10.0. The van der Waals surface area contributed by atoms with Crippen molar-refractivity contribution in [1.29, 1.82) is 0 Å². The van der Waals surface area contributed by atoms with Crippen LogP contribution in [-0.4, -0.2) is 35.8 Å². The summed E-state index contributed by atoms with van der Waals surface area (Å²) in [5.74, 6) is 5.23. The van der Waals surface area contributed by atoms with Crippen molar-refractivity contribution in [3.8, 4) is 11.8 Å². The first-order valence-electron chi connectivity index (χ1n) is 8.99. The van der Waals surface area contributed by atoms with Gasteiger partial charge >= 0.3 is 12.1 Å². The van der Waals surface area contributed by atoms with Crippen molar-refractivity contribution in [1.82, 2.24) is 10.3 Å². The maximum absolute atomic E-state index is 12.5. The molecule has 2 aromatic rings. The summed E-state index contributed by atoms with van der Waals surface area (Å²) >= 11 is 0. The molecule has 0 saturated heterocycles. The number of esters is 1. The average molecular weight is 384 g/mol. The Morgan fingerprint density at radius 3 is 2.68 bits per heavy atom. The Labute approximate surface area is 163 Å². The molecule has 0 aliphatic rings. The molecule has 0 spiro atoms. The van der Waals surface area contributed by atoms with Crippen LogP contribution in [0.25, 0.3) is 10.9 Å². The molecular weight excluding hydrogens is 360 g/mol. The maximum atomic E-state index is 12.5. The minimum Gasteiger partial charge on any atom is -0.462 e. The summed E-state index contributed by atoms with van der Waals surface area (Å²) in [4.78, 5) is 38.9. The van der Waals surface area contributed by atoms with E-state index in [1.165, 1.54) is 6.20 Å². The van der Waals surface area contributed by atoms with Crippen LogP contribution in [0.15, 0.2) is 29.2 Å². The van der Waals surface area contributed by atoms with Gasteiger partial charge in [0.05, 0.1) is 6.61 Å². The predicted molar refractivity (Wildman–Crippen MR) is 106 cm³/mol. The summed E-state index contributed by atoms with van der Waals surface area (Å²) in [5, 5.41) is 2.99. The van der Waals surface area contributed by atoms with Crippen molar-refractivity contribution < 1.29 is 19.1 Å². The van der Waals surface area contributed by atoms with Crippen LogP contribution in [0.5, 0.6) is 0 Å². The fraction of sp³-hybridized carbons (Fsp3) is 0.381. The van der Waals surface area contributed by atoms with Crippen LogP contribution in [0.3, 0.4) is 0 Å². The lowest BCUT2D eigenvalue weighted by Crippen LogP contribution is -2.32. The number of carbonyl (C=O) groups excluding carboxylic acids is 2. The lowest BCUT2D eigenvalue weighted by Gasteiger charge is -2.19. The number of amides is 1. The number of fused-ring (bicyclic) bond motifs is 1. The van der Waals surface area contributed by atoms with Crippen molar-refractivity contribution in [2.75, 3.05) is 13.2 Å². The van der Waals surface area contributed by atoms with Gasteiger partial charge in [-0.05, 0) is 45.9 Å². The molecule has 2 N–H and O–H groups in total. The van der Waals surface area contributed by atoms with Crippen LogP contribution in [0.2, 0.25) is 0 Å². The zero-order valence-corrected chi connectivity index (χ0v) is 16.5. The van der Waals surface area contributed by atoms with Gasteiger partial charge in [-0.3, -0.25) is 4.79 Å². The number of alkyl carbamates (subject to hydrolysis) is 1. The van der Waals surface area contributed by atoms with Gasteiger partial charge in [0.25, 0.3) is 0 Å². The Hall–Kier alpha value is -3.27. The number of aromatic nitrogens is 1. The van der Waals surface area contributed by atoms with E-state index in [1.807, 2.05) is 0 Å². The molecular formula is C21H24N2O5. The van der Waals surface area contributed by atoms with Crippen LogP contribution >= 0.6 is 0 Å². The second-order valence-electron chi connectivity index (χ2n) is 6.99. The molecule has 1 aromatic carbocycles. The van der Waals surface area contributed by atoms with Crippen molar-refractivity contribution >= 4 is 23.0 Å². The number of hydrogen-bond acceptors (Lipinski definition) is 5. The van der Waals surface area contributed by atoms with Gasteiger partial charge in [0.15, 0.2) is 0 Å². The molecule has 148 valence electrons. The zero-order valence-electron chi connectivity index (χ0n) is 16.5. The Morgan fingerprint density at radius 2 is 2.00 bits per heavy atom. The number of benzene rings is 1. The van der Waals surface area contributed by atoms with E-state index in [2.05, 4.69) is 22.1 Å². The highest BCUT2D eigenvalue weighted by Gasteiger charge is 2.15. The molecule has 0 aliphatic carbocycles. The summed E-state index contributed by atoms with van der Waals surface area (Å²) in [5.41, 5.74) is 0.256. The van der Waals surface area contributed by atoms with Crippen LogP contribution in [0.4, 0.5) is 4.79 Å². The number of pyridine rings is 1. The van der Waals surface area contributed by atoms with Gasteiger partial charge in [0.1, 0.15) is 11.2 Å². The van der Waals surface area contributed by atoms with E-state index in [0.29, 0.717) is 29.4 Å². The highest BCUT2D eigenvalue weighted by molar-refractivity contribution is 5.93. The third kappa shape index (κ3) is 5.88. The number of rotatable bonds is 4. The maximum Gasteiger partial charge on any atom is 0.407 e. The van der Waals surface area contributed by atoms with E-state index in [0.717, 1.165) is 0 Å². The molecule has 0 bridgehead atoms. The summed E-state index contributed by atoms with van der Waals surface area (Å²) in [7, 11) is 0. The molecule has 7 heteroatoms. The summed E-state index contributed by atoms with van der Waals surface area (Å²) in [6, 6.07) is 5.14. The van der Waals surface area contributed by atoms with Gasteiger partial charge in [-0.25, -0.2) is 9.59 Å². The van der Waals surface area contributed by atoms with E-state index in [4.69, 9.17) is 9.47 Å². The van der Waals surface area contributed by atoms with Crippen LogP contribution in [0.1, 0.15) is 50.0 Å². The second-order valence-corrected chi connectivity index (χ2v) is 6.99. The van der Waals surface area contributed by atoms with Gasteiger partial charge in [-0.1, -0.05) is 11.8 Å². The minimum absolute atomic E-state index is 0.0407. The molecule has 1 heterocycles. The Bertz CT molecular complexity index is 990. The molecule has 2 rings (SSSR count). The number of H-pyrrole nitrogens is 1. The lowest BCUT2D eigenvalue weighted by molar-refractivity contribution is 0.0516. The molecule has 0 fully saturated rings. The van der Waals surface area contributed by atoms with Crippen LogP contribution in [0, 0.1) is 11.8 Å². The van der Waals surface area contributed by atoms with Crippen molar-refractivity contribution in [2.45, 2.75) is 39.7 Å². The topological polar surface area (TPSA) is 97.5 Å². The summed E-state index contributed by atoms with van der Waals surface area (Å²) in [6.45, 7) is 7.60. The Balaban J connectivity index is 2.07. The third-order valence-corrected chi connectivity index (χ3v) is 3.53. The van der Waals surface area contributed by atoms with Crippen molar-refractivity contribution in [3.63, 3.8) is 0 Å². The largest absolute Gasteiger partial charge is 0.462 e. The number of hydrogen-bond donors (Lipinski definition) is 2. The van der Waals surface area contributed by atoms with Gasteiger partial charge in [0, 0.05) is 35.6 Å². The Morgan fingerprint density at radius 1 is 1.25 bits per heavy atom. The highest BCUT2D eigenvalue weighted by Crippen LogP contribution is 2.11. The number of ether oxygens (including phenoxy) is 2. The first-order chi connectivity index (χ1) is 13.2. The predicted octanol–water partition coefficient (Wildman–Crippen LogP) is 2.97. The molecule has 1 amide bonds. The quantitative estimate of drug-likeness (QED) is 0.480. The van der Waals surface area contributed by atoms with Gasteiger partial charge < -0.3 is 19.8 Å². The number of carbonyl (C=O) groups is 2. The standard InChI is InChI=1S/C21H24N2O5/c1-5-27-19(25)16-13-23-17-10-9-14(12-15(17)18(16)24)8-6-7-11-22-20(26)28-21(2,3)4/h9-10,12-13H,5,7,11H2,1-4H3,(H,22,26)(H,23,24). The van der Waals surface area contributed by atoms with E-state index >= 15 is 0 Å². The zero-order chi connectivity index (χ0) is 20.7. The third-order valence-electron chi connectivity index (χ3n) is 3.53. The monoisotopic (exact) mass is 384 g/mol. The first kappa shape index (κ1) is 21.0. The van der Waals surface area contributed by atoms with E-state index in [9.17, 15) is 14.4 Å². The van der Waals surface area contributed by atoms with Gasteiger partial charge in [-0.15, -0.1) is 0 Å². The van der Waals surface area contributed by atoms with Gasteiger partial charge in [0.2, 0.25) is 5.43 Å². The molecule has 1 aromatic heterocycles. The fourth-order valence-electron chi connectivity index (χ4n) is 2.36. The van der Waals surface area contributed by atoms with Crippen molar-refractivity contribution in [3.05, 3.63) is 45.7 Å². The smallest absolute Gasteiger partial charge is 0.407 e. The average Bonchev–Trinajstić information content (AvgIpc) is 2.60. The Kier molecular flexibility index (Phi) is 6.83. The normalized spacial score (nSPS) is 10.7. The number of aromatic amines is 1. The van der Waals surface area contributed by atoms with Crippen LogP contribution < -0.4 is 10.7 Å². The first-order valence-corrected chi connectivity index (χ1v) is 8.99. The molecule has 0 saturated carbocycles. The SMILES string of the molecule is CCOC(=O)c1c[nH]c2ccc(C#CCCNC(=O)OC(C)(C)C)cc2c1=O. The highest BCUT2D eigenvalue weighted by atomic mass is 16.6. The van der Waals surface area contributed by atoms with Crippen molar-refractivity contribution in [2.24, 2.45) is 0 Å². The molecule has 0 unspecified atom stereocenters. The summed E-state index contributed by atoms with van der Waals surface area (Å²) in [6.07, 6.45) is 1.30.